The number of amides is 4. The molecule has 1 saturated heterocycles. The summed E-state index contributed by atoms with van der Waals surface area (Å²) in [6.45, 7) is 0. The standard InChI is InChI=1S/C26H19BrN2O7/c1-34-20-6-4-3-5-19(20)29-24(31)18(23(30)28-26(29)33)13-15-7-12-21(22(14-15)35-2)36-25(32)16-8-10-17(27)11-9-16/h3-14H,1-2H3,(H,28,30,33)/b18-13+. The Morgan fingerprint density at radius 2 is 1.58 bits per heavy atom. The summed E-state index contributed by atoms with van der Waals surface area (Å²) in [4.78, 5) is 51.5. The number of carbonyl (C=O) groups excluding carboxylic acids is 4. The van der Waals surface area contributed by atoms with Gasteiger partial charge in [-0.25, -0.2) is 14.5 Å². The summed E-state index contributed by atoms with van der Waals surface area (Å²) in [5, 5.41) is 2.17. The molecule has 36 heavy (non-hydrogen) atoms. The number of nitrogens with one attached hydrogen (secondary N) is 1. The molecule has 0 atom stereocenters. The average molecular weight is 551 g/mol. The molecule has 4 amide bonds. The number of rotatable bonds is 6. The fourth-order valence-corrected chi connectivity index (χ4v) is 3.72. The van der Waals surface area contributed by atoms with Crippen LogP contribution in [0.5, 0.6) is 17.2 Å². The van der Waals surface area contributed by atoms with Crippen LogP contribution in [0.25, 0.3) is 6.08 Å². The highest BCUT2D eigenvalue weighted by molar-refractivity contribution is 9.10. The van der Waals surface area contributed by atoms with Crippen molar-refractivity contribution >= 4 is 51.5 Å². The van der Waals surface area contributed by atoms with E-state index in [-0.39, 0.29) is 28.5 Å². The highest BCUT2D eigenvalue weighted by atomic mass is 79.9. The number of halogens is 1. The Hall–Kier alpha value is -4.44. The van der Waals surface area contributed by atoms with Gasteiger partial charge in [-0.3, -0.25) is 14.9 Å². The molecule has 10 heteroatoms. The molecule has 1 heterocycles. The Morgan fingerprint density at radius 1 is 0.889 bits per heavy atom. The third kappa shape index (κ3) is 4.98. The number of carbonyl (C=O) groups is 4. The summed E-state index contributed by atoms with van der Waals surface area (Å²) in [6.07, 6.45) is 1.31. The molecule has 4 rings (SSSR count). The lowest BCUT2D eigenvalue weighted by molar-refractivity contribution is -0.122. The molecule has 0 spiro atoms. The number of methoxy groups -OCH3 is 2. The maximum Gasteiger partial charge on any atom is 0.343 e. The number of hydrogen-bond donors (Lipinski definition) is 1. The second-order valence-corrected chi connectivity index (χ2v) is 8.35. The summed E-state index contributed by atoms with van der Waals surface area (Å²) in [7, 11) is 2.80. The van der Waals surface area contributed by atoms with E-state index in [2.05, 4.69) is 21.2 Å². The van der Waals surface area contributed by atoms with Gasteiger partial charge in [-0.15, -0.1) is 0 Å². The van der Waals surface area contributed by atoms with Gasteiger partial charge in [0.2, 0.25) is 0 Å². The Kier molecular flexibility index (Phi) is 7.16. The molecule has 1 aliphatic heterocycles. The summed E-state index contributed by atoms with van der Waals surface area (Å²) >= 11 is 3.31. The number of barbiturate groups is 1. The topological polar surface area (TPSA) is 111 Å². The zero-order valence-electron chi connectivity index (χ0n) is 19.1. The first kappa shape index (κ1) is 24.7. The van der Waals surface area contributed by atoms with Crippen molar-refractivity contribution in [3.8, 4) is 17.2 Å². The summed E-state index contributed by atoms with van der Waals surface area (Å²) in [5.74, 6) is -1.61. The van der Waals surface area contributed by atoms with Crippen LogP contribution in [0, 0.1) is 0 Å². The quantitative estimate of drug-likeness (QED) is 0.210. The van der Waals surface area contributed by atoms with Gasteiger partial charge < -0.3 is 14.2 Å². The number of urea groups is 1. The number of hydrogen-bond acceptors (Lipinski definition) is 7. The normalized spacial score (nSPS) is 14.5. The van der Waals surface area contributed by atoms with Crippen molar-refractivity contribution in [2.24, 2.45) is 0 Å². The van der Waals surface area contributed by atoms with E-state index in [0.717, 1.165) is 9.37 Å². The predicted octanol–water partition coefficient (Wildman–Crippen LogP) is 4.35. The first-order valence-corrected chi connectivity index (χ1v) is 11.3. The van der Waals surface area contributed by atoms with Gasteiger partial charge in [0.15, 0.2) is 11.5 Å². The van der Waals surface area contributed by atoms with E-state index >= 15 is 0 Å². The van der Waals surface area contributed by atoms with Crippen LogP contribution < -0.4 is 24.4 Å². The Bertz CT molecular complexity index is 1400. The molecule has 0 aliphatic carbocycles. The molecule has 0 radical (unpaired) electrons. The lowest BCUT2D eigenvalue weighted by Crippen LogP contribution is -2.54. The van der Waals surface area contributed by atoms with E-state index in [9.17, 15) is 19.2 Å². The monoisotopic (exact) mass is 550 g/mol. The Morgan fingerprint density at radius 3 is 2.28 bits per heavy atom. The molecule has 0 saturated carbocycles. The van der Waals surface area contributed by atoms with Gasteiger partial charge in [-0.2, -0.15) is 0 Å². The van der Waals surface area contributed by atoms with Crippen LogP contribution in [0.1, 0.15) is 15.9 Å². The molecule has 3 aromatic carbocycles. The molecule has 0 aromatic heterocycles. The molecule has 1 fully saturated rings. The van der Waals surface area contributed by atoms with Crippen LogP contribution in [0.2, 0.25) is 0 Å². The van der Waals surface area contributed by atoms with Crippen molar-refractivity contribution in [1.29, 1.82) is 0 Å². The highest BCUT2D eigenvalue weighted by Gasteiger charge is 2.38. The van der Waals surface area contributed by atoms with Crippen molar-refractivity contribution in [3.05, 3.63) is 87.9 Å². The van der Waals surface area contributed by atoms with Crippen LogP contribution in [0.15, 0.2) is 76.8 Å². The molecule has 3 aromatic rings. The Balaban J connectivity index is 1.63. The minimum absolute atomic E-state index is 0.151. The van der Waals surface area contributed by atoms with E-state index in [1.54, 1.807) is 48.5 Å². The van der Waals surface area contributed by atoms with Crippen molar-refractivity contribution in [1.82, 2.24) is 5.32 Å². The molecule has 9 nitrogen and oxygen atoms in total. The van der Waals surface area contributed by atoms with Crippen LogP contribution in [0.3, 0.4) is 0 Å². The molecule has 0 bridgehead atoms. The number of anilines is 1. The third-order valence-corrected chi connectivity index (χ3v) is 5.74. The first-order valence-electron chi connectivity index (χ1n) is 10.5. The Labute approximate surface area is 214 Å². The maximum atomic E-state index is 13.2. The molecule has 0 unspecified atom stereocenters. The van der Waals surface area contributed by atoms with Crippen LogP contribution in [0.4, 0.5) is 10.5 Å². The molecular weight excluding hydrogens is 532 g/mol. The van der Waals surface area contributed by atoms with Gasteiger partial charge in [-0.1, -0.05) is 34.1 Å². The zero-order chi connectivity index (χ0) is 25.8. The van der Waals surface area contributed by atoms with Crippen LogP contribution in [-0.2, 0) is 9.59 Å². The molecular formula is C26H19BrN2O7. The second-order valence-electron chi connectivity index (χ2n) is 7.44. The average Bonchev–Trinajstić information content (AvgIpc) is 2.87. The summed E-state index contributed by atoms with van der Waals surface area (Å²) in [5.41, 5.74) is 0.663. The number of imide groups is 2. The SMILES string of the molecule is COc1cc(/C=C2\C(=O)NC(=O)N(c3ccccc3OC)C2=O)ccc1OC(=O)c1ccc(Br)cc1. The van der Waals surface area contributed by atoms with E-state index in [4.69, 9.17) is 14.2 Å². The number of nitrogens with zero attached hydrogens (tertiary/aromatic N) is 1. The molecule has 182 valence electrons. The van der Waals surface area contributed by atoms with Crippen LogP contribution in [-0.4, -0.2) is 38.0 Å². The van der Waals surface area contributed by atoms with E-state index in [1.165, 1.54) is 38.5 Å². The number of esters is 1. The molecule has 1 aliphatic rings. The first-order chi connectivity index (χ1) is 17.3. The van der Waals surface area contributed by atoms with Crippen LogP contribution >= 0.6 is 15.9 Å². The highest BCUT2D eigenvalue weighted by Crippen LogP contribution is 2.32. The second kappa shape index (κ2) is 10.4. The minimum atomic E-state index is -0.889. The lowest BCUT2D eigenvalue weighted by atomic mass is 10.1. The zero-order valence-corrected chi connectivity index (χ0v) is 20.7. The maximum absolute atomic E-state index is 13.2. The van der Waals surface area contributed by atoms with Crippen molar-refractivity contribution in [3.63, 3.8) is 0 Å². The minimum Gasteiger partial charge on any atom is -0.495 e. The third-order valence-electron chi connectivity index (χ3n) is 5.21. The van der Waals surface area contributed by atoms with Gasteiger partial charge in [0.1, 0.15) is 11.3 Å². The van der Waals surface area contributed by atoms with Crippen molar-refractivity contribution < 1.29 is 33.4 Å². The lowest BCUT2D eigenvalue weighted by Gasteiger charge is -2.27. The van der Waals surface area contributed by atoms with Gasteiger partial charge in [-0.05, 0) is 60.2 Å². The number of benzene rings is 3. The van der Waals surface area contributed by atoms with E-state index in [1.807, 2.05) is 0 Å². The predicted molar refractivity (Wildman–Crippen MR) is 134 cm³/mol. The van der Waals surface area contributed by atoms with Gasteiger partial charge >= 0.3 is 12.0 Å². The number of ether oxygens (including phenoxy) is 3. The molecule has 1 N–H and O–H groups in total. The van der Waals surface area contributed by atoms with Gasteiger partial charge in [0.25, 0.3) is 11.8 Å². The van der Waals surface area contributed by atoms with Gasteiger partial charge in [0, 0.05) is 4.47 Å². The summed E-state index contributed by atoms with van der Waals surface area (Å²) < 4.78 is 16.9. The van der Waals surface area contributed by atoms with E-state index in [0.29, 0.717) is 11.1 Å². The number of para-hydroxylation sites is 2. The van der Waals surface area contributed by atoms with Gasteiger partial charge in [0.05, 0.1) is 25.5 Å². The smallest absolute Gasteiger partial charge is 0.343 e. The van der Waals surface area contributed by atoms with Crippen molar-refractivity contribution in [2.75, 3.05) is 19.1 Å². The van der Waals surface area contributed by atoms with E-state index < -0.39 is 23.8 Å². The van der Waals surface area contributed by atoms with Crippen molar-refractivity contribution in [2.45, 2.75) is 0 Å². The fourth-order valence-electron chi connectivity index (χ4n) is 3.46. The largest absolute Gasteiger partial charge is 0.495 e. The summed E-state index contributed by atoms with van der Waals surface area (Å²) in [6, 6.07) is 16.7. The fraction of sp³-hybridized carbons (Fsp3) is 0.0769.